The quantitative estimate of drug-likeness (QED) is 0.895. The van der Waals surface area contributed by atoms with Crippen LogP contribution in [0.3, 0.4) is 0 Å². The second kappa shape index (κ2) is 6.64. The molecule has 0 amide bonds. The van der Waals surface area contributed by atoms with Crippen LogP contribution in [0, 0.1) is 12.7 Å². The fraction of sp³-hybridized carbons (Fsp3) is 0.294. The van der Waals surface area contributed by atoms with Crippen LogP contribution in [0.15, 0.2) is 48.5 Å². The third-order valence-electron chi connectivity index (χ3n) is 3.56. The standard InChI is InChI=1S/C17H20FNO/c1-12-11-14(18)9-10-15(12)16(19-2)17(20-3)13-7-5-4-6-8-13/h4-11,16-17,19H,1-3H3. The topological polar surface area (TPSA) is 21.3 Å². The van der Waals surface area contributed by atoms with Gasteiger partial charge in [0.15, 0.2) is 0 Å². The molecule has 2 rings (SSSR count). The van der Waals surface area contributed by atoms with Gasteiger partial charge in [-0.25, -0.2) is 4.39 Å². The van der Waals surface area contributed by atoms with Gasteiger partial charge in [0.05, 0.1) is 6.04 Å². The molecular formula is C17H20FNO. The maximum absolute atomic E-state index is 13.3. The molecule has 2 atom stereocenters. The predicted octanol–water partition coefficient (Wildman–Crippen LogP) is 3.78. The van der Waals surface area contributed by atoms with E-state index in [4.69, 9.17) is 4.74 Å². The Labute approximate surface area is 119 Å². The van der Waals surface area contributed by atoms with E-state index in [9.17, 15) is 4.39 Å². The Morgan fingerprint density at radius 3 is 2.35 bits per heavy atom. The van der Waals surface area contributed by atoms with Crippen molar-refractivity contribution >= 4 is 0 Å². The molecule has 20 heavy (non-hydrogen) atoms. The van der Waals surface area contributed by atoms with Crippen molar-refractivity contribution < 1.29 is 9.13 Å². The largest absolute Gasteiger partial charge is 0.375 e. The minimum Gasteiger partial charge on any atom is -0.375 e. The van der Waals surface area contributed by atoms with Crippen molar-refractivity contribution in [3.63, 3.8) is 0 Å². The summed E-state index contributed by atoms with van der Waals surface area (Å²) in [5.74, 6) is -0.213. The van der Waals surface area contributed by atoms with Gasteiger partial charge in [-0.15, -0.1) is 0 Å². The molecule has 0 aromatic heterocycles. The molecule has 2 aromatic rings. The summed E-state index contributed by atoms with van der Waals surface area (Å²) in [7, 11) is 3.59. The van der Waals surface area contributed by atoms with E-state index >= 15 is 0 Å². The third-order valence-corrected chi connectivity index (χ3v) is 3.56. The van der Waals surface area contributed by atoms with Crippen LogP contribution in [0.4, 0.5) is 4.39 Å². The summed E-state index contributed by atoms with van der Waals surface area (Å²) < 4.78 is 18.9. The summed E-state index contributed by atoms with van der Waals surface area (Å²) in [5, 5.41) is 3.28. The number of hydrogen-bond donors (Lipinski definition) is 1. The van der Waals surface area contributed by atoms with E-state index in [1.807, 2.05) is 50.4 Å². The second-order valence-corrected chi connectivity index (χ2v) is 4.83. The Morgan fingerprint density at radius 1 is 1.10 bits per heavy atom. The smallest absolute Gasteiger partial charge is 0.123 e. The highest BCUT2D eigenvalue weighted by Crippen LogP contribution is 2.33. The SMILES string of the molecule is CNC(c1ccc(F)cc1C)C(OC)c1ccccc1. The molecule has 0 aliphatic rings. The lowest BCUT2D eigenvalue weighted by Crippen LogP contribution is -2.26. The van der Waals surface area contributed by atoms with Crippen molar-refractivity contribution in [1.82, 2.24) is 5.32 Å². The molecule has 106 valence electrons. The van der Waals surface area contributed by atoms with Gasteiger partial charge in [-0.2, -0.15) is 0 Å². The first kappa shape index (κ1) is 14.7. The van der Waals surface area contributed by atoms with Gasteiger partial charge in [0.1, 0.15) is 11.9 Å². The molecule has 0 aliphatic carbocycles. The molecule has 2 unspecified atom stereocenters. The van der Waals surface area contributed by atoms with E-state index in [-0.39, 0.29) is 18.0 Å². The molecule has 3 heteroatoms. The zero-order valence-corrected chi connectivity index (χ0v) is 12.1. The van der Waals surface area contributed by atoms with Gasteiger partial charge < -0.3 is 10.1 Å². The van der Waals surface area contributed by atoms with E-state index in [0.717, 1.165) is 16.7 Å². The highest BCUT2D eigenvalue weighted by molar-refractivity contribution is 5.33. The van der Waals surface area contributed by atoms with Gasteiger partial charge in [0.2, 0.25) is 0 Å². The lowest BCUT2D eigenvalue weighted by Gasteiger charge is -2.27. The first-order chi connectivity index (χ1) is 9.67. The minimum atomic E-state index is -0.213. The molecule has 0 saturated heterocycles. The fourth-order valence-electron chi connectivity index (χ4n) is 2.57. The Bertz CT molecular complexity index is 556. The Balaban J connectivity index is 2.39. The number of methoxy groups -OCH3 is 1. The third kappa shape index (κ3) is 3.06. The van der Waals surface area contributed by atoms with Crippen molar-refractivity contribution in [3.8, 4) is 0 Å². The Kier molecular flexibility index (Phi) is 4.88. The fourth-order valence-corrected chi connectivity index (χ4v) is 2.57. The first-order valence-electron chi connectivity index (χ1n) is 6.68. The van der Waals surface area contributed by atoms with Crippen molar-refractivity contribution in [2.45, 2.75) is 19.1 Å². The van der Waals surface area contributed by atoms with Crippen molar-refractivity contribution in [3.05, 3.63) is 71.0 Å². The number of ether oxygens (including phenoxy) is 1. The number of rotatable bonds is 5. The van der Waals surface area contributed by atoms with E-state index in [2.05, 4.69) is 5.32 Å². The van der Waals surface area contributed by atoms with Crippen LogP contribution in [0.25, 0.3) is 0 Å². The van der Waals surface area contributed by atoms with E-state index in [1.54, 1.807) is 13.2 Å². The number of aryl methyl sites for hydroxylation is 1. The molecule has 0 fully saturated rings. The Hall–Kier alpha value is -1.71. The highest BCUT2D eigenvalue weighted by Gasteiger charge is 2.24. The molecule has 0 aliphatic heterocycles. The Morgan fingerprint density at radius 2 is 1.80 bits per heavy atom. The normalized spacial score (nSPS) is 14.0. The van der Waals surface area contributed by atoms with Crippen LogP contribution in [0.5, 0.6) is 0 Å². The van der Waals surface area contributed by atoms with Crippen LogP contribution in [-0.4, -0.2) is 14.2 Å². The van der Waals surface area contributed by atoms with Gasteiger partial charge in [0, 0.05) is 7.11 Å². The van der Waals surface area contributed by atoms with Crippen molar-refractivity contribution in [1.29, 1.82) is 0 Å². The average Bonchev–Trinajstić information content (AvgIpc) is 2.46. The first-order valence-corrected chi connectivity index (χ1v) is 6.68. The molecule has 2 aromatic carbocycles. The van der Waals surface area contributed by atoms with Crippen molar-refractivity contribution in [2.24, 2.45) is 0 Å². The molecule has 0 heterocycles. The molecule has 0 spiro atoms. The summed E-state index contributed by atoms with van der Waals surface area (Å²) in [4.78, 5) is 0. The van der Waals surface area contributed by atoms with Crippen LogP contribution >= 0.6 is 0 Å². The molecular weight excluding hydrogens is 253 g/mol. The summed E-state index contributed by atoms with van der Waals surface area (Å²) in [6.45, 7) is 1.92. The summed E-state index contributed by atoms with van der Waals surface area (Å²) in [5.41, 5.74) is 3.06. The predicted molar refractivity (Wildman–Crippen MR) is 79.1 cm³/mol. The van der Waals surface area contributed by atoms with Gasteiger partial charge >= 0.3 is 0 Å². The number of likely N-dealkylation sites (N-methyl/N-ethyl adjacent to an activating group) is 1. The summed E-state index contributed by atoms with van der Waals surface area (Å²) in [6, 6.07) is 14.9. The molecule has 2 nitrogen and oxygen atoms in total. The molecule has 1 N–H and O–H groups in total. The van der Waals surface area contributed by atoms with Crippen LogP contribution in [0.1, 0.15) is 28.8 Å². The number of benzene rings is 2. The van der Waals surface area contributed by atoms with Crippen LogP contribution in [-0.2, 0) is 4.74 Å². The summed E-state index contributed by atoms with van der Waals surface area (Å²) >= 11 is 0. The van der Waals surface area contributed by atoms with Crippen molar-refractivity contribution in [2.75, 3.05) is 14.2 Å². The molecule has 0 radical (unpaired) electrons. The lowest BCUT2D eigenvalue weighted by atomic mass is 9.93. The molecule has 0 bridgehead atoms. The highest BCUT2D eigenvalue weighted by atomic mass is 19.1. The number of nitrogens with one attached hydrogen (secondary N) is 1. The maximum atomic E-state index is 13.3. The minimum absolute atomic E-state index is 0.0250. The van der Waals surface area contributed by atoms with Gasteiger partial charge in [-0.05, 0) is 42.8 Å². The average molecular weight is 273 g/mol. The van der Waals surface area contributed by atoms with Gasteiger partial charge in [-0.3, -0.25) is 0 Å². The number of halogens is 1. The van der Waals surface area contributed by atoms with Gasteiger partial charge in [-0.1, -0.05) is 36.4 Å². The van der Waals surface area contributed by atoms with E-state index < -0.39 is 0 Å². The lowest BCUT2D eigenvalue weighted by molar-refractivity contribution is 0.0699. The molecule has 0 saturated carbocycles. The van der Waals surface area contributed by atoms with E-state index in [1.165, 1.54) is 6.07 Å². The zero-order valence-electron chi connectivity index (χ0n) is 12.1. The van der Waals surface area contributed by atoms with Crippen LogP contribution in [0.2, 0.25) is 0 Å². The van der Waals surface area contributed by atoms with E-state index in [0.29, 0.717) is 0 Å². The van der Waals surface area contributed by atoms with Gasteiger partial charge in [0.25, 0.3) is 0 Å². The zero-order chi connectivity index (χ0) is 14.5. The van der Waals surface area contributed by atoms with Crippen LogP contribution < -0.4 is 5.32 Å². The maximum Gasteiger partial charge on any atom is 0.123 e. The number of hydrogen-bond acceptors (Lipinski definition) is 2. The monoisotopic (exact) mass is 273 g/mol. The summed E-state index contributed by atoms with van der Waals surface area (Å²) in [6.07, 6.45) is -0.120. The second-order valence-electron chi connectivity index (χ2n) is 4.83.